The van der Waals surface area contributed by atoms with Crippen molar-refractivity contribution >= 4 is 11.6 Å². The summed E-state index contributed by atoms with van der Waals surface area (Å²) in [5, 5.41) is 0.110. The van der Waals surface area contributed by atoms with Crippen LogP contribution in [-0.2, 0) is 15.9 Å². The second kappa shape index (κ2) is 7.69. The highest BCUT2D eigenvalue weighted by Gasteiger charge is 2.19. The maximum Gasteiger partial charge on any atom is 0.172 e. The number of ether oxygens (including phenoxy) is 2. The molecular weight excluding hydrogens is 257 g/mol. The van der Waals surface area contributed by atoms with Crippen molar-refractivity contribution in [2.45, 2.75) is 32.6 Å². The molecule has 0 spiro atoms. The molecule has 0 saturated heterocycles. The monoisotopic (exact) mass is 275 g/mol. The molecule has 1 aromatic rings. The van der Waals surface area contributed by atoms with Crippen LogP contribution in [0, 0.1) is 5.82 Å². The van der Waals surface area contributed by atoms with Gasteiger partial charge in [0.05, 0.1) is 11.1 Å². The van der Waals surface area contributed by atoms with Crippen LogP contribution >= 0.6 is 11.6 Å². The predicted octanol–water partition coefficient (Wildman–Crippen LogP) is 2.75. The lowest BCUT2D eigenvalue weighted by Gasteiger charge is -2.23. The lowest BCUT2D eigenvalue weighted by Crippen LogP contribution is -2.40. The first-order chi connectivity index (χ1) is 8.58. The van der Waals surface area contributed by atoms with Crippen LogP contribution < -0.4 is 5.73 Å². The minimum Gasteiger partial charge on any atom is -0.351 e. The molecule has 0 aliphatic carbocycles. The Labute approximate surface area is 112 Å². The molecule has 0 aliphatic rings. The van der Waals surface area contributed by atoms with E-state index in [1.807, 2.05) is 13.8 Å². The highest BCUT2D eigenvalue weighted by molar-refractivity contribution is 6.30. The van der Waals surface area contributed by atoms with Gasteiger partial charge in [-0.2, -0.15) is 0 Å². The van der Waals surface area contributed by atoms with Gasteiger partial charge in [-0.05, 0) is 38.0 Å². The van der Waals surface area contributed by atoms with E-state index in [1.165, 1.54) is 12.1 Å². The van der Waals surface area contributed by atoms with Gasteiger partial charge in [0, 0.05) is 13.2 Å². The lowest BCUT2D eigenvalue weighted by molar-refractivity contribution is -0.148. The third-order valence-corrected chi connectivity index (χ3v) is 2.77. The van der Waals surface area contributed by atoms with Gasteiger partial charge in [-0.15, -0.1) is 0 Å². The number of hydrogen-bond donors (Lipinski definition) is 1. The molecule has 0 saturated carbocycles. The Bertz CT molecular complexity index is 370. The fourth-order valence-electron chi connectivity index (χ4n) is 1.66. The third-order valence-electron chi connectivity index (χ3n) is 2.47. The molecule has 0 amide bonds. The summed E-state index contributed by atoms with van der Waals surface area (Å²) < 4.78 is 24.1. The molecule has 0 aromatic heterocycles. The molecule has 102 valence electrons. The van der Waals surface area contributed by atoms with Crippen molar-refractivity contribution in [3.63, 3.8) is 0 Å². The summed E-state index contributed by atoms with van der Waals surface area (Å²) in [5.41, 5.74) is 6.78. The fourth-order valence-corrected chi connectivity index (χ4v) is 1.78. The molecule has 1 atom stereocenters. The number of halogens is 2. The molecule has 0 aliphatic heterocycles. The zero-order chi connectivity index (χ0) is 13.5. The Morgan fingerprint density at radius 3 is 2.39 bits per heavy atom. The van der Waals surface area contributed by atoms with Crippen LogP contribution in [-0.4, -0.2) is 25.5 Å². The van der Waals surface area contributed by atoms with Gasteiger partial charge in [0.15, 0.2) is 6.29 Å². The number of rotatable bonds is 7. The average Bonchev–Trinajstić information content (AvgIpc) is 2.33. The molecular formula is C13H19ClFNO2. The Hall–Kier alpha value is -0.680. The van der Waals surface area contributed by atoms with E-state index in [4.69, 9.17) is 26.8 Å². The van der Waals surface area contributed by atoms with Crippen LogP contribution in [0.25, 0.3) is 0 Å². The van der Waals surface area contributed by atoms with Crippen LogP contribution in [0.1, 0.15) is 19.4 Å². The molecule has 3 nitrogen and oxygen atoms in total. The van der Waals surface area contributed by atoms with E-state index >= 15 is 0 Å². The van der Waals surface area contributed by atoms with Crippen molar-refractivity contribution in [1.82, 2.24) is 0 Å². The first-order valence-corrected chi connectivity index (χ1v) is 6.39. The largest absolute Gasteiger partial charge is 0.351 e. The molecule has 5 heteroatoms. The van der Waals surface area contributed by atoms with Crippen LogP contribution in [0.5, 0.6) is 0 Å². The summed E-state index contributed by atoms with van der Waals surface area (Å²) in [6, 6.07) is 4.32. The summed E-state index contributed by atoms with van der Waals surface area (Å²) >= 11 is 5.62. The fraction of sp³-hybridized carbons (Fsp3) is 0.538. The summed E-state index contributed by atoms with van der Waals surface area (Å²) in [5.74, 6) is -0.439. The molecule has 0 bridgehead atoms. The minimum absolute atomic E-state index is 0.110. The quantitative estimate of drug-likeness (QED) is 0.778. The van der Waals surface area contributed by atoms with Crippen molar-refractivity contribution < 1.29 is 13.9 Å². The van der Waals surface area contributed by atoms with Crippen LogP contribution in [0.15, 0.2) is 18.2 Å². The van der Waals surface area contributed by atoms with Crippen molar-refractivity contribution in [3.8, 4) is 0 Å². The Morgan fingerprint density at radius 2 is 1.89 bits per heavy atom. The first-order valence-electron chi connectivity index (χ1n) is 6.01. The number of nitrogens with two attached hydrogens (primary N) is 1. The number of benzene rings is 1. The topological polar surface area (TPSA) is 44.5 Å². The highest BCUT2D eigenvalue weighted by Crippen LogP contribution is 2.17. The molecule has 0 radical (unpaired) electrons. The molecule has 1 unspecified atom stereocenters. The van der Waals surface area contributed by atoms with Gasteiger partial charge in [-0.1, -0.05) is 17.7 Å². The number of hydrogen-bond acceptors (Lipinski definition) is 3. The van der Waals surface area contributed by atoms with Crippen molar-refractivity contribution in [2.75, 3.05) is 13.2 Å². The highest BCUT2D eigenvalue weighted by atomic mass is 35.5. The van der Waals surface area contributed by atoms with E-state index in [1.54, 1.807) is 6.07 Å². The molecule has 1 aromatic carbocycles. The van der Waals surface area contributed by atoms with Gasteiger partial charge in [0.1, 0.15) is 5.82 Å². The Morgan fingerprint density at radius 1 is 1.28 bits per heavy atom. The van der Waals surface area contributed by atoms with Crippen molar-refractivity contribution in [3.05, 3.63) is 34.6 Å². The summed E-state index contributed by atoms with van der Waals surface area (Å²) in [4.78, 5) is 0. The van der Waals surface area contributed by atoms with Gasteiger partial charge < -0.3 is 15.2 Å². The van der Waals surface area contributed by atoms with Gasteiger partial charge in [-0.25, -0.2) is 4.39 Å². The van der Waals surface area contributed by atoms with Crippen molar-refractivity contribution in [2.24, 2.45) is 5.73 Å². The molecule has 0 fully saturated rings. The average molecular weight is 276 g/mol. The van der Waals surface area contributed by atoms with Gasteiger partial charge >= 0.3 is 0 Å². The SMILES string of the molecule is CCOC(OCC)C(N)Cc1ccc(Cl)c(F)c1. The molecule has 18 heavy (non-hydrogen) atoms. The molecule has 0 heterocycles. The third kappa shape index (κ3) is 4.53. The zero-order valence-electron chi connectivity index (χ0n) is 10.7. The van der Waals surface area contributed by atoms with E-state index in [9.17, 15) is 4.39 Å². The molecule has 2 N–H and O–H groups in total. The second-order valence-corrected chi connectivity index (χ2v) is 4.30. The van der Waals surface area contributed by atoms with Crippen LogP contribution in [0.2, 0.25) is 5.02 Å². The van der Waals surface area contributed by atoms with Crippen LogP contribution in [0.4, 0.5) is 4.39 Å². The smallest absolute Gasteiger partial charge is 0.172 e. The zero-order valence-corrected chi connectivity index (χ0v) is 11.4. The standard InChI is InChI=1S/C13H19ClFNO2/c1-3-17-13(18-4-2)12(16)8-9-5-6-10(14)11(15)7-9/h5-7,12-13H,3-4,8,16H2,1-2H3. The lowest BCUT2D eigenvalue weighted by atomic mass is 10.1. The summed E-state index contributed by atoms with van der Waals surface area (Å²) in [7, 11) is 0. The van der Waals surface area contributed by atoms with E-state index in [0.29, 0.717) is 19.6 Å². The van der Waals surface area contributed by atoms with E-state index in [2.05, 4.69) is 0 Å². The molecule has 1 rings (SSSR count). The van der Waals surface area contributed by atoms with E-state index in [-0.39, 0.29) is 11.1 Å². The van der Waals surface area contributed by atoms with Gasteiger partial charge in [-0.3, -0.25) is 0 Å². The maximum atomic E-state index is 13.3. The summed E-state index contributed by atoms with van der Waals surface area (Å²) in [6.45, 7) is 4.79. The van der Waals surface area contributed by atoms with Crippen molar-refractivity contribution in [1.29, 1.82) is 0 Å². The first kappa shape index (κ1) is 15.4. The van der Waals surface area contributed by atoms with E-state index < -0.39 is 12.1 Å². The minimum atomic E-state index is -0.473. The normalized spacial score (nSPS) is 13.0. The van der Waals surface area contributed by atoms with Crippen LogP contribution in [0.3, 0.4) is 0 Å². The predicted molar refractivity (Wildman–Crippen MR) is 70.1 cm³/mol. The second-order valence-electron chi connectivity index (χ2n) is 3.90. The van der Waals surface area contributed by atoms with Gasteiger partial charge in [0.2, 0.25) is 0 Å². The Kier molecular flexibility index (Phi) is 6.57. The Balaban J connectivity index is 2.66. The maximum absolute atomic E-state index is 13.3. The summed E-state index contributed by atoms with van der Waals surface area (Å²) in [6.07, 6.45) is -0.00240. The van der Waals surface area contributed by atoms with E-state index in [0.717, 1.165) is 5.56 Å². The van der Waals surface area contributed by atoms with Gasteiger partial charge in [0.25, 0.3) is 0 Å².